The maximum Gasteiger partial charge on any atom is 0.416 e. The van der Waals surface area contributed by atoms with Crippen molar-refractivity contribution >= 4 is 11.8 Å². The van der Waals surface area contributed by atoms with E-state index >= 15 is 0 Å². The molecular formula is C19H17F3N2O5. The molecule has 0 fully saturated rings. The third-order valence-electron chi connectivity index (χ3n) is 4.18. The van der Waals surface area contributed by atoms with E-state index in [0.29, 0.717) is 17.1 Å². The van der Waals surface area contributed by atoms with Crippen LogP contribution in [-0.2, 0) is 22.3 Å². The van der Waals surface area contributed by atoms with Crippen molar-refractivity contribution in [1.29, 1.82) is 0 Å². The summed E-state index contributed by atoms with van der Waals surface area (Å²) in [6, 6.07) is 8.95. The number of hydrogen-bond donors (Lipinski definition) is 3. The number of fused-ring (bicyclic) bond motifs is 1. The zero-order valence-corrected chi connectivity index (χ0v) is 15.0. The fourth-order valence-corrected chi connectivity index (χ4v) is 2.60. The molecule has 0 aliphatic carbocycles. The predicted molar refractivity (Wildman–Crippen MR) is 93.8 cm³/mol. The Kier molecular flexibility index (Phi) is 5.92. The van der Waals surface area contributed by atoms with Gasteiger partial charge in [0.05, 0.1) is 11.7 Å². The van der Waals surface area contributed by atoms with Crippen LogP contribution in [0.15, 0.2) is 42.5 Å². The van der Waals surface area contributed by atoms with E-state index in [1.165, 1.54) is 0 Å². The second-order valence-electron chi connectivity index (χ2n) is 6.22. The van der Waals surface area contributed by atoms with Gasteiger partial charge in [-0.25, -0.2) is 0 Å². The first kappa shape index (κ1) is 20.5. The third-order valence-corrected chi connectivity index (χ3v) is 4.18. The van der Waals surface area contributed by atoms with E-state index in [1.54, 1.807) is 18.2 Å². The highest BCUT2D eigenvalue weighted by atomic mass is 19.4. The van der Waals surface area contributed by atoms with E-state index in [0.717, 1.165) is 24.3 Å². The first-order valence-electron chi connectivity index (χ1n) is 8.54. The first-order chi connectivity index (χ1) is 13.7. The Hall–Kier alpha value is -3.27. The average Bonchev–Trinajstić information content (AvgIpc) is 3.17. The van der Waals surface area contributed by atoms with Crippen molar-refractivity contribution in [3.63, 3.8) is 0 Å². The topological polar surface area (TPSA) is 96.9 Å². The summed E-state index contributed by atoms with van der Waals surface area (Å²) in [5, 5.41) is 14.6. The standard InChI is InChI=1S/C19H17F3N2O5/c20-19(21,22)13-4-2-12(3-5-13)14(25)9-24-18(27)17(26)23-8-11-1-6-15-16(7-11)29-10-28-15/h1-7,14,25H,8-10H2,(H,23,26)(H,24,27)/t14-/m1/s1. The van der Waals surface area contributed by atoms with Gasteiger partial charge in [-0.2, -0.15) is 13.2 Å². The van der Waals surface area contributed by atoms with E-state index in [1.807, 2.05) is 0 Å². The van der Waals surface area contributed by atoms with Crippen LogP contribution in [0.25, 0.3) is 0 Å². The highest BCUT2D eigenvalue weighted by Crippen LogP contribution is 2.32. The molecular weight excluding hydrogens is 393 g/mol. The van der Waals surface area contributed by atoms with Crippen LogP contribution >= 0.6 is 0 Å². The minimum Gasteiger partial charge on any atom is -0.454 e. The van der Waals surface area contributed by atoms with Crippen molar-refractivity contribution in [2.24, 2.45) is 0 Å². The summed E-state index contributed by atoms with van der Waals surface area (Å²) < 4.78 is 48.0. The van der Waals surface area contributed by atoms with Crippen LogP contribution in [0.2, 0.25) is 0 Å². The molecule has 154 valence electrons. The molecule has 3 rings (SSSR count). The van der Waals surface area contributed by atoms with Gasteiger partial charge in [-0.05, 0) is 35.4 Å². The molecule has 2 aromatic carbocycles. The number of rotatable bonds is 5. The maximum atomic E-state index is 12.5. The van der Waals surface area contributed by atoms with E-state index < -0.39 is 29.7 Å². The van der Waals surface area contributed by atoms with Gasteiger partial charge < -0.3 is 25.2 Å². The Morgan fingerprint density at radius 1 is 1.00 bits per heavy atom. The molecule has 0 saturated carbocycles. The van der Waals surface area contributed by atoms with Gasteiger partial charge in [0, 0.05) is 13.1 Å². The number of alkyl halides is 3. The van der Waals surface area contributed by atoms with Gasteiger partial charge in [0.1, 0.15) is 0 Å². The Bertz CT molecular complexity index is 900. The number of halogens is 3. The number of aliphatic hydroxyl groups is 1. The van der Waals surface area contributed by atoms with Crippen molar-refractivity contribution in [2.45, 2.75) is 18.8 Å². The minimum atomic E-state index is -4.48. The predicted octanol–water partition coefficient (Wildman–Crippen LogP) is 1.90. The summed E-state index contributed by atoms with van der Waals surface area (Å²) in [4.78, 5) is 23.7. The normalized spacial score (nSPS) is 13.7. The van der Waals surface area contributed by atoms with E-state index in [4.69, 9.17) is 9.47 Å². The molecule has 2 amide bonds. The maximum absolute atomic E-state index is 12.5. The van der Waals surface area contributed by atoms with Crippen LogP contribution in [0.1, 0.15) is 22.8 Å². The molecule has 10 heteroatoms. The van der Waals surface area contributed by atoms with Crippen LogP contribution in [0, 0.1) is 0 Å². The van der Waals surface area contributed by atoms with Crippen LogP contribution in [0.5, 0.6) is 11.5 Å². The molecule has 1 heterocycles. The Labute approximate surface area is 163 Å². The Balaban J connectivity index is 1.46. The number of ether oxygens (including phenoxy) is 2. The summed E-state index contributed by atoms with van der Waals surface area (Å²) in [7, 11) is 0. The van der Waals surface area contributed by atoms with Gasteiger partial charge in [-0.1, -0.05) is 18.2 Å². The molecule has 0 saturated heterocycles. The van der Waals surface area contributed by atoms with E-state index in [2.05, 4.69) is 10.6 Å². The lowest BCUT2D eigenvalue weighted by Crippen LogP contribution is -2.41. The monoisotopic (exact) mass is 410 g/mol. The summed E-state index contributed by atoms with van der Waals surface area (Å²) in [6.45, 7) is -0.138. The SMILES string of the molecule is O=C(NCc1ccc2c(c1)OCO2)C(=O)NC[C@@H](O)c1ccc(C(F)(F)F)cc1. The lowest BCUT2D eigenvalue weighted by Gasteiger charge is -2.13. The number of aliphatic hydroxyl groups excluding tert-OH is 1. The van der Waals surface area contributed by atoms with Gasteiger partial charge in [-0.15, -0.1) is 0 Å². The highest BCUT2D eigenvalue weighted by Gasteiger charge is 2.30. The molecule has 2 aromatic rings. The molecule has 1 aliphatic rings. The van der Waals surface area contributed by atoms with Crippen molar-refractivity contribution in [3.05, 3.63) is 59.2 Å². The smallest absolute Gasteiger partial charge is 0.416 e. The zero-order chi connectivity index (χ0) is 21.0. The van der Waals surface area contributed by atoms with E-state index in [-0.39, 0.29) is 25.4 Å². The van der Waals surface area contributed by atoms with Crippen LogP contribution in [-0.4, -0.2) is 30.3 Å². The second kappa shape index (κ2) is 8.39. The molecule has 1 atom stereocenters. The first-order valence-corrected chi connectivity index (χ1v) is 8.54. The largest absolute Gasteiger partial charge is 0.454 e. The number of amides is 2. The molecule has 7 nitrogen and oxygen atoms in total. The molecule has 1 aliphatic heterocycles. The molecule has 29 heavy (non-hydrogen) atoms. The lowest BCUT2D eigenvalue weighted by molar-refractivity contribution is -0.139. The summed E-state index contributed by atoms with van der Waals surface area (Å²) in [5.74, 6) is -0.755. The number of benzene rings is 2. The number of carbonyl (C=O) groups is 2. The fourth-order valence-electron chi connectivity index (χ4n) is 2.60. The van der Waals surface area contributed by atoms with Crippen molar-refractivity contribution < 1.29 is 37.3 Å². The fraction of sp³-hybridized carbons (Fsp3) is 0.263. The molecule has 0 spiro atoms. The van der Waals surface area contributed by atoms with Crippen molar-refractivity contribution in [2.75, 3.05) is 13.3 Å². The third kappa shape index (κ3) is 5.17. The molecule has 0 radical (unpaired) electrons. The van der Waals surface area contributed by atoms with Gasteiger partial charge in [0.2, 0.25) is 6.79 Å². The van der Waals surface area contributed by atoms with Crippen molar-refractivity contribution in [3.8, 4) is 11.5 Å². The molecule has 0 unspecified atom stereocenters. The Morgan fingerprint density at radius 2 is 1.66 bits per heavy atom. The summed E-state index contributed by atoms with van der Waals surface area (Å²) >= 11 is 0. The van der Waals surface area contributed by atoms with Gasteiger partial charge in [-0.3, -0.25) is 9.59 Å². The second-order valence-corrected chi connectivity index (χ2v) is 6.22. The molecule has 0 bridgehead atoms. The van der Waals surface area contributed by atoms with E-state index in [9.17, 15) is 27.9 Å². The number of hydrogen-bond acceptors (Lipinski definition) is 5. The Morgan fingerprint density at radius 3 is 2.34 bits per heavy atom. The summed E-state index contributed by atoms with van der Waals surface area (Å²) in [6.07, 6.45) is -5.74. The van der Waals surface area contributed by atoms with Gasteiger partial charge in [0.25, 0.3) is 0 Å². The van der Waals surface area contributed by atoms with Crippen molar-refractivity contribution in [1.82, 2.24) is 10.6 Å². The zero-order valence-electron chi connectivity index (χ0n) is 15.0. The lowest BCUT2D eigenvalue weighted by atomic mass is 10.1. The van der Waals surface area contributed by atoms with Gasteiger partial charge >= 0.3 is 18.0 Å². The number of nitrogens with one attached hydrogen (secondary N) is 2. The molecule has 3 N–H and O–H groups in total. The molecule has 0 aromatic heterocycles. The average molecular weight is 410 g/mol. The van der Waals surface area contributed by atoms with Crippen LogP contribution in [0.3, 0.4) is 0 Å². The van der Waals surface area contributed by atoms with Gasteiger partial charge in [0.15, 0.2) is 11.5 Å². The quantitative estimate of drug-likeness (QED) is 0.655. The number of carbonyl (C=O) groups excluding carboxylic acids is 2. The summed E-state index contributed by atoms with van der Waals surface area (Å²) in [5.41, 5.74) is 0.0274. The minimum absolute atomic E-state index is 0.0738. The highest BCUT2D eigenvalue weighted by molar-refractivity contribution is 6.35. The van der Waals surface area contributed by atoms with Crippen LogP contribution < -0.4 is 20.1 Å². The van der Waals surface area contributed by atoms with Crippen LogP contribution in [0.4, 0.5) is 13.2 Å².